The van der Waals surface area contributed by atoms with Gasteiger partial charge in [0, 0.05) is 18.2 Å². The Balaban J connectivity index is 1.84. The van der Waals surface area contributed by atoms with E-state index in [-0.39, 0.29) is 12.1 Å². The quantitative estimate of drug-likeness (QED) is 0.808. The summed E-state index contributed by atoms with van der Waals surface area (Å²) in [6.45, 7) is 0. The highest BCUT2D eigenvalue weighted by Gasteiger charge is 2.38. The second-order valence-electron chi connectivity index (χ2n) is 5.15. The highest BCUT2D eigenvalue weighted by atomic mass is 16.4. The third kappa shape index (κ3) is 2.15. The van der Waals surface area contributed by atoms with Crippen molar-refractivity contribution < 1.29 is 14.7 Å². The number of urea groups is 1. The molecule has 0 radical (unpaired) electrons. The summed E-state index contributed by atoms with van der Waals surface area (Å²) in [6.07, 6.45) is 6.02. The van der Waals surface area contributed by atoms with E-state index in [4.69, 9.17) is 0 Å². The van der Waals surface area contributed by atoms with E-state index < -0.39 is 12.0 Å². The van der Waals surface area contributed by atoms with Crippen LogP contribution >= 0.6 is 0 Å². The first-order chi connectivity index (χ1) is 9.66. The lowest BCUT2D eigenvalue weighted by molar-refractivity contribution is -0.138. The third-order valence-electron chi connectivity index (χ3n) is 3.82. The first kappa shape index (κ1) is 12.7. The molecule has 1 atom stereocenters. The number of hydrogen-bond acceptors (Lipinski definition) is 2. The smallest absolute Gasteiger partial charge is 0.327 e. The predicted molar refractivity (Wildman–Crippen MR) is 74.7 cm³/mol. The number of para-hydroxylation sites is 1. The molecule has 1 aliphatic heterocycles. The van der Waals surface area contributed by atoms with Gasteiger partial charge in [0.25, 0.3) is 0 Å². The summed E-state index contributed by atoms with van der Waals surface area (Å²) in [4.78, 5) is 25.2. The lowest BCUT2D eigenvalue weighted by atomic mass is 10.1. The van der Waals surface area contributed by atoms with Crippen LogP contribution in [0.15, 0.2) is 36.4 Å². The molecule has 5 nitrogen and oxygen atoms in total. The number of carbonyl (C=O) groups excluding carboxylic acids is 1. The minimum Gasteiger partial charge on any atom is -0.480 e. The molecule has 0 saturated heterocycles. The molecule has 0 unspecified atom stereocenters. The first-order valence-corrected chi connectivity index (χ1v) is 6.72. The lowest BCUT2D eigenvalue weighted by Crippen LogP contribution is -2.50. The Morgan fingerprint density at radius 3 is 2.60 bits per heavy atom. The van der Waals surface area contributed by atoms with Gasteiger partial charge in [0.15, 0.2) is 0 Å². The van der Waals surface area contributed by atoms with Gasteiger partial charge in [-0.1, -0.05) is 30.4 Å². The number of benzene rings is 1. The van der Waals surface area contributed by atoms with Gasteiger partial charge in [0.05, 0.1) is 0 Å². The fraction of sp³-hybridized carbons (Fsp3) is 0.333. The molecule has 2 amide bonds. The van der Waals surface area contributed by atoms with E-state index in [1.807, 2.05) is 30.4 Å². The van der Waals surface area contributed by atoms with Crippen LogP contribution in [0.5, 0.6) is 0 Å². The molecule has 1 heterocycles. The number of nitrogens with one attached hydrogen (secondary N) is 1. The Morgan fingerprint density at radius 2 is 1.90 bits per heavy atom. The Hall–Kier alpha value is -2.30. The van der Waals surface area contributed by atoms with Crippen LogP contribution in [0.4, 0.5) is 10.5 Å². The number of amides is 2. The molecule has 104 valence electrons. The Morgan fingerprint density at radius 1 is 1.20 bits per heavy atom. The Kier molecular flexibility index (Phi) is 3.18. The molecular formula is C15H16N2O3. The number of aliphatic carboxylic acids is 1. The van der Waals surface area contributed by atoms with Crippen LogP contribution in [0.3, 0.4) is 0 Å². The number of anilines is 1. The molecule has 0 spiro atoms. The van der Waals surface area contributed by atoms with Gasteiger partial charge < -0.3 is 10.4 Å². The number of hydrogen-bond donors (Lipinski definition) is 2. The second kappa shape index (κ2) is 5.00. The van der Waals surface area contributed by atoms with Gasteiger partial charge in [-0.05, 0) is 24.5 Å². The van der Waals surface area contributed by atoms with E-state index in [2.05, 4.69) is 5.32 Å². The molecule has 20 heavy (non-hydrogen) atoms. The van der Waals surface area contributed by atoms with Crippen LogP contribution in [0, 0.1) is 0 Å². The maximum absolute atomic E-state index is 12.4. The van der Waals surface area contributed by atoms with Gasteiger partial charge in [-0.3, -0.25) is 4.90 Å². The van der Waals surface area contributed by atoms with Crippen molar-refractivity contribution in [1.29, 1.82) is 0 Å². The highest BCUT2D eigenvalue weighted by molar-refractivity contribution is 6.01. The normalized spacial score (nSPS) is 21.0. The zero-order chi connectivity index (χ0) is 14.1. The average molecular weight is 272 g/mol. The van der Waals surface area contributed by atoms with Crippen LogP contribution in [-0.4, -0.2) is 29.2 Å². The molecule has 1 aliphatic carbocycles. The molecule has 2 aliphatic rings. The minimum atomic E-state index is -0.971. The van der Waals surface area contributed by atoms with Crippen molar-refractivity contribution in [2.75, 3.05) is 4.90 Å². The van der Waals surface area contributed by atoms with Crippen molar-refractivity contribution in [2.45, 2.75) is 31.3 Å². The van der Waals surface area contributed by atoms with Gasteiger partial charge in [0.1, 0.15) is 6.04 Å². The molecule has 0 fully saturated rings. The summed E-state index contributed by atoms with van der Waals surface area (Å²) in [5, 5.41) is 12.2. The SMILES string of the molecule is O=C(O)[C@@H]1Cc2ccccc2N1C(=O)NC1CC=CC1. The van der Waals surface area contributed by atoms with Gasteiger partial charge in [-0.25, -0.2) is 9.59 Å². The standard InChI is InChI=1S/C15H16N2O3/c18-14(19)13-9-10-5-1-4-8-12(10)17(13)15(20)16-11-6-2-3-7-11/h1-5,8,11,13H,6-7,9H2,(H,16,20)(H,18,19)/t13-/m0/s1. The van der Waals surface area contributed by atoms with E-state index in [0.29, 0.717) is 12.1 Å². The van der Waals surface area contributed by atoms with Crippen molar-refractivity contribution in [3.8, 4) is 0 Å². The molecule has 0 bridgehead atoms. The monoisotopic (exact) mass is 272 g/mol. The number of nitrogens with zero attached hydrogens (tertiary/aromatic N) is 1. The molecule has 1 aromatic rings. The second-order valence-corrected chi connectivity index (χ2v) is 5.15. The summed E-state index contributed by atoms with van der Waals surface area (Å²) >= 11 is 0. The molecule has 5 heteroatoms. The lowest BCUT2D eigenvalue weighted by Gasteiger charge is -2.25. The molecule has 3 rings (SSSR count). The summed E-state index contributed by atoms with van der Waals surface area (Å²) in [6, 6.07) is 6.28. The number of carboxylic acids is 1. The largest absolute Gasteiger partial charge is 0.480 e. The van der Waals surface area contributed by atoms with E-state index >= 15 is 0 Å². The zero-order valence-electron chi connectivity index (χ0n) is 11.0. The zero-order valence-corrected chi connectivity index (χ0v) is 11.0. The average Bonchev–Trinajstić information content (AvgIpc) is 3.04. The third-order valence-corrected chi connectivity index (χ3v) is 3.82. The number of rotatable bonds is 2. The van der Waals surface area contributed by atoms with Crippen LogP contribution in [0.2, 0.25) is 0 Å². The van der Waals surface area contributed by atoms with E-state index in [1.165, 1.54) is 4.90 Å². The molecule has 0 saturated carbocycles. The molecule has 2 N–H and O–H groups in total. The van der Waals surface area contributed by atoms with Crippen LogP contribution < -0.4 is 10.2 Å². The van der Waals surface area contributed by atoms with E-state index in [9.17, 15) is 14.7 Å². The highest BCUT2D eigenvalue weighted by Crippen LogP contribution is 2.32. The van der Waals surface area contributed by atoms with Crippen molar-refractivity contribution >= 4 is 17.7 Å². The summed E-state index contributed by atoms with van der Waals surface area (Å²) in [5.41, 5.74) is 1.60. The summed E-state index contributed by atoms with van der Waals surface area (Å²) in [7, 11) is 0. The fourth-order valence-electron chi connectivity index (χ4n) is 2.81. The molecule has 0 aromatic heterocycles. The number of fused-ring (bicyclic) bond motifs is 1. The summed E-state index contributed by atoms with van der Waals surface area (Å²) < 4.78 is 0. The summed E-state index contributed by atoms with van der Waals surface area (Å²) in [5.74, 6) is -0.971. The number of carbonyl (C=O) groups is 2. The van der Waals surface area contributed by atoms with Crippen molar-refractivity contribution in [2.24, 2.45) is 0 Å². The fourth-order valence-corrected chi connectivity index (χ4v) is 2.81. The Bertz CT molecular complexity index is 574. The Labute approximate surface area is 116 Å². The van der Waals surface area contributed by atoms with Crippen LogP contribution in [-0.2, 0) is 11.2 Å². The maximum atomic E-state index is 12.4. The molecule has 1 aromatic carbocycles. The minimum absolute atomic E-state index is 0.0738. The predicted octanol–water partition coefficient (Wildman–Crippen LogP) is 1.93. The van der Waals surface area contributed by atoms with Crippen LogP contribution in [0.1, 0.15) is 18.4 Å². The van der Waals surface area contributed by atoms with Gasteiger partial charge >= 0.3 is 12.0 Å². The van der Waals surface area contributed by atoms with E-state index in [1.54, 1.807) is 6.07 Å². The topological polar surface area (TPSA) is 69.6 Å². The van der Waals surface area contributed by atoms with Crippen molar-refractivity contribution in [1.82, 2.24) is 5.32 Å². The van der Waals surface area contributed by atoms with Crippen molar-refractivity contribution in [3.63, 3.8) is 0 Å². The van der Waals surface area contributed by atoms with Crippen LogP contribution in [0.25, 0.3) is 0 Å². The van der Waals surface area contributed by atoms with Gasteiger partial charge in [-0.15, -0.1) is 0 Å². The first-order valence-electron chi connectivity index (χ1n) is 6.72. The van der Waals surface area contributed by atoms with E-state index in [0.717, 1.165) is 18.4 Å². The van der Waals surface area contributed by atoms with Gasteiger partial charge in [-0.2, -0.15) is 0 Å². The van der Waals surface area contributed by atoms with Crippen molar-refractivity contribution in [3.05, 3.63) is 42.0 Å². The molecular weight excluding hydrogens is 256 g/mol. The maximum Gasteiger partial charge on any atom is 0.327 e. The van der Waals surface area contributed by atoms with Gasteiger partial charge in [0.2, 0.25) is 0 Å². The number of carboxylic acid groups (broad SMARTS) is 1.